The van der Waals surface area contributed by atoms with Crippen molar-refractivity contribution in [3.8, 4) is 11.5 Å². The molecule has 34 heavy (non-hydrogen) atoms. The van der Waals surface area contributed by atoms with Crippen molar-refractivity contribution in [2.75, 3.05) is 48.8 Å². The Morgan fingerprint density at radius 1 is 1.03 bits per heavy atom. The molecule has 3 aromatic rings. The fourth-order valence-corrected chi connectivity index (χ4v) is 5.40. The minimum Gasteiger partial charge on any atom is -0.369 e. The van der Waals surface area contributed by atoms with Gasteiger partial charge >= 0.3 is 0 Å². The highest BCUT2D eigenvalue weighted by molar-refractivity contribution is 7.88. The minimum atomic E-state index is -3.23. The minimum absolute atomic E-state index is 0.0780. The summed E-state index contributed by atoms with van der Waals surface area (Å²) in [6.45, 7) is 4.43. The number of fused-ring (bicyclic) bond motifs is 1. The van der Waals surface area contributed by atoms with Crippen LogP contribution in [0.1, 0.15) is 24.2 Å². The van der Waals surface area contributed by atoms with E-state index in [0.717, 1.165) is 17.0 Å². The Morgan fingerprint density at radius 2 is 1.82 bits per heavy atom. The van der Waals surface area contributed by atoms with Crippen LogP contribution < -0.4 is 9.80 Å². The monoisotopic (exact) mass is 483 g/mol. The molecule has 0 spiro atoms. The Labute approximate surface area is 198 Å². The summed E-state index contributed by atoms with van der Waals surface area (Å²) in [5.41, 5.74) is 3.39. The van der Waals surface area contributed by atoms with Gasteiger partial charge in [-0.15, -0.1) is 0 Å². The van der Waals surface area contributed by atoms with Crippen LogP contribution in [0.5, 0.6) is 0 Å². The Bertz CT molecular complexity index is 1300. The topological polar surface area (TPSA) is 95.4 Å². The number of halogens is 1. The highest BCUT2D eigenvalue weighted by atomic mass is 32.2. The molecular formula is C23H26FN7O2S. The van der Waals surface area contributed by atoms with Crippen LogP contribution in [0.3, 0.4) is 0 Å². The van der Waals surface area contributed by atoms with E-state index in [2.05, 4.69) is 19.9 Å². The standard InChI is InChI=1S/C23H26FN7O2S/c1-16-18-15-26-23(20-5-3-4-7-25-20)27-19(18)6-8-31(16)22-14-17(13-21(24)28-22)29-9-11-30(12-10-29)34(2,32)33/h3-5,7,13-16H,6,8-12H2,1-2H3. The average Bonchev–Trinajstić information content (AvgIpc) is 2.84. The van der Waals surface area contributed by atoms with Gasteiger partial charge < -0.3 is 9.80 Å². The Kier molecular flexibility index (Phi) is 5.90. The van der Waals surface area contributed by atoms with Gasteiger partial charge in [-0.25, -0.2) is 23.4 Å². The smallest absolute Gasteiger partial charge is 0.216 e. The summed E-state index contributed by atoms with van der Waals surface area (Å²) >= 11 is 0. The molecule has 5 heterocycles. The lowest BCUT2D eigenvalue weighted by molar-refractivity contribution is 0.387. The zero-order chi connectivity index (χ0) is 23.9. The molecular weight excluding hydrogens is 457 g/mol. The number of sulfonamides is 1. The quantitative estimate of drug-likeness (QED) is 0.522. The lowest BCUT2D eigenvalue weighted by atomic mass is 9.99. The fourth-order valence-electron chi connectivity index (χ4n) is 4.57. The molecule has 11 heteroatoms. The lowest BCUT2D eigenvalue weighted by Gasteiger charge is -2.37. The zero-order valence-electron chi connectivity index (χ0n) is 19.1. The number of aromatic nitrogens is 4. The number of hydrogen-bond donors (Lipinski definition) is 0. The number of hydrogen-bond acceptors (Lipinski definition) is 8. The first-order valence-electron chi connectivity index (χ1n) is 11.2. The molecule has 1 fully saturated rings. The highest BCUT2D eigenvalue weighted by Gasteiger charge is 2.29. The summed E-state index contributed by atoms with van der Waals surface area (Å²) < 4.78 is 39.6. The van der Waals surface area contributed by atoms with Crippen LogP contribution in [-0.2, 0) is 16.4 Å². The van der Waals surface area contributed by atoms with Gasteiger partial charge in [-0.2, -0.15) is 8.70 Å². The molecule has 5 rings (SSSR count). The summed E-state index contributed by atoms with van der Waals surface area (Å²) in [6.07, 6.45) is 5.44. The third-order valence-electron chi connectivity index (χ3n) is 6.43. The fraction of sp³-hybridized carbons (Fsp3) is 0.391. The first-order chi connectivity index (χ1) is 16.3. The van der Waals surface area contributed by atoms with Crippen molar-refractivity contribution < 1.29 is 12.8 Å². The SMILES string of the molecule is CC1c2cnc(-c3ccccn3)nc2CCN1c1cc(N2CCN(S(C)(=O)=O)CC2)cc(F)n1. The van der Waals surface area contributed by atoms with Crippen LogP contribution in [0.2, 0.25) is 0 Å². The van der Waals surface area contributed by atoms with Crippen LogP contribution in [0.15, 0.2) is 42.7 Å². The van der Waals surface area contributed by atoms with Crippen molar-refractivity contribution in [3.63, 3.8) is 0 Å². The molecule has 0 aliphatic carbocycles. The van der Waals surface area contributed by atoms with Gasteiger partial charge in [-0.1, -0.05) is 6.07 Å². The molecule has 0 aromatic carbocycles. The second-order valence-corrected chi connectivity index (χ2v) is 10.6. The van der Waals surface area contributed by atoms with E-state index in [-0.39, 0.29) is 6.04 Å². The molecule has 0 saturated carbocycles. The van der Waals surface area contributed by atoms with Crippen LogP contribution in [0, 0.1) is 5.95 Å². The third kappa shape index (κ3) is 4.45. The van der Waals surface area contributed by atoms with Crippen molar-refractivity contribution in [2.45, 2.75) is 19.4 Å². The number of piperazine rings is 1. The Morgan fingerprint density at radius 3 is 2.53 bits per heavy atom. The highest BCUT2D eigenvalue weighted by Crippen LogP contribution is 2.34. The lowest BCUT2D eigenvalue weighted by Crippen LogP contribution is -2.48. The first-order valence-corrected chi connectivity index (χ1v) is 13.1. The third-order valence-corrected chi connectivity index (χ3v) is 7.74. The molecule has 1 atom stereocenters. The van der Waals surface area contributed by atoms with Gasteiger partial charge in [0.05, 0.1) is 18.0 Å². The number of anilines is 2. The van der Waals surface area contributed by atoms with E-state index in [1.54, 1.807) is 6.20 Å². The van der Waals surface area contributed by atoms with E-state index in [1.165, 1.54) is 16.6 Å². The van der Waals surface area contributed by atoms with Gasteiger partial charge in [0.1, 0.15) is 11.5 Å². The molecule has 1 unspecified atom stereocenters. The predicted molar refractivity (Wildman–Crippen MR) is 128 cm³/mol. The maximum Gasteiger partial charge on any atom is 0.216 e. The van der Waals surface area contributed by atoms with Crippen molar-refractivity contribution in [1.29, 1.82) is 0 Å². The van der Waals surface area contributed by atoms with E-state index in [0.29, 0.717) is 56.5 Å². The molecule has 2 aliphatic heterocycles. The molecule has 0 bridgehead atoms. The van der Waals surface area contributed by atoms with Crippen molar-refractivity contribution in [2.24, 2.45) is 0 Å². The summed E-state index contributed by atoms with van der Waals surface area (Å²) in [5, 5.41) is 0. The van der Waals surface area contributed by atoms with Crippen molar-refractivity contribution in [3.05, 3.63) is 59.9 Å². The molecule has 2 aliphatic rings. The molecule has 3 aromatic heterocycles. The normalized spacial score (nSPS) is 19.2. The molecule has 1 saturated heterocycles. The number of nitrogens with zero attached hydrogens (tertiary/aromatic N) is 7. The maximum absolute atomic E-state index is 14.6. The van der Waals surface area contributed by atoms with E-state index < -0.39 is 16.0 Å². The first kappa shape index (κ1) is 22.6. The summed E-state index contributed by atoms with van der Waals surface area (Å²) in [4.78, 5) is 21.8. The van der Waals surface area contributed by atoms with Crippen LogP contribution in [-0.4, -0.2) is 71.6 Å². The Hall–Kier alpha value is -3.18. The molecule has 9 nitrogen and oxygen atoms in total. The van der Waals surface area contributed by atoms with Crippen molar-refractivity contribution >= 4 is 21.5 Å². The van der Waals surface area contributed by atoms with Gasteiger partial charge in [0.25, 0.3) is 0 Å². The Balaban J connectivity index is 1.38. The van der Waals surface area contributed by atoms with Crippen LogP contribution in [0.25, 0.3) is 11.5 Å². The van der Waals surface area contributed by atoms with Gasteiger partial charge in [-0.3, -0.25) is 4.98 Å². The van der Waals surface area contributed by atoms with Gasteiger partial charge in [0, 0.05) is 74.9 Å². The van der Waals surface area contributed by atoms with Gasteiger partial charge in [0.15, 0.2) is 5.82 Å². The zero-order valence-corrected chi connectivity index (χ0v) is 19.9. The second-order valence-electron chi connectivity index (χ2n) is 8.59. The number of rotatable bonds is 4. The maximum atomic E-state index is 14.6. The van der Waals surface area contributed by atoms with Gasteiger partial charge in [-0.05, 0) is 19.1 Å². The van der Waals surface area contributed by atoms with E-state index >= 15 is 0 Å². The average molecular weight is 484 g/mol. The van der Waals surface area contributed by atoms with Crippen LogP contribution in [0.4, 0.5) is 15.9 Å². The van der Waals surface area contributed by atoms with E-state index in [1.807, 2.05) is 42.3 Å². The second kappa shape index (κ2) is 8.88. The largest absolute Gasteiger partial charge is 0.369 e. The van der Waals surface area contributed by atoms with E-state index in [4.69, 9.17) is 4.98 Å². The molecule has 178 valence electrons. The van der Waals surface area contributed by atoms with E-state index in [9.17, 15) is 12.8 Å². The van der Waals surface area contributed by atoms with Gasteiger partial charge in [0.2, 0.25) is 16.0 Å². The summed E-state index contributed by atoms with van der Waals surface area (Å²) in [7, 11) is -3.23. The van der Waals surface area contributed by atoms with Crippen LogP contribution >= 0.6 is 0 Å². The summed E-state index contributed by atoms with van der Waals surface area (Å²) in [5.74, 6) is 0.588. The molecule has 0 radical (unpaired) electrons. The summed E-state index contributed by atoms with van der Waals surface area (Å²) in [6, 6.07) is 8.85. The van der Waals surface area contributed by atoms with Crippen molar-refractivity contribution in [1.82, 2.24) is 24.2 Å². The molecule has 0 N–H and O–H groups in total. The molecule has 0 amide bonds. The predicted octanol–water partition coefficient (Wildman–Crippen LogP) is 2.28. The number of pyridine rings is 2.